The van der Waals surface area contributed by atoms with Gasteiger partial charge in [0.25, 0.3) is 0 Å². The summed E-state index contributed by atoms with van der Waals surface area (Å²) in [6.45, 7) is 1.35. The molecule has 1 atom stereocenters. The maximum Gasteiger partial charge on any atom is 0.339 e. The maximum absolute atomic E-state index is 10.7. The molecular weight excluding hydrogens is 127 g/mol. The van der Waals surface area contributed by atoms with Crippen LogP contribution in [0.3, 0.4) is 0 Å². The van der Waals surface area contributed by atoms with E-state index in [1.807, 2.05) is 0 Å². The first kappa shape index (κ1) is 7.57. The van der Waals surface area contributed by atoms with E-state index in [2.05, 4.69) is 9.31 Å². The summed E-state index contributed by atoms with van der Waals surface area (Å²) in [6, 6.07) is 0. The van der Waals surface area contributed by atoms with Crippen molar-refractivity contribution in [1.82, 2.24) is 0 Å². The third-order valence-corrected chi connectivity index (χ3v) is 1.87. The minimum atomic E-state index is -2.72. The molecule has 46 valence electrons. The summed E-state index contributed by atoms with van der Waals surface area (Å²) >= 11 is 0. The van der Waals surface area contributed by atoms with E-state index in [-0.39, 0.29) is 0 Å². The zero-order valence-electron chi connectivity index (χ0n) is 4.74. The lowest BCUT2D eigenvalue weighted by atomic mass is 11.7. The van der Waals surface area contributed by atoms with Crippen LogP contribution < -0.4 is 0 Å². The molecule has 0 aliphatic heterocycles. The molecule has 8 heavy (non-hydrogen) atoms. The van der Waals surface area contributed by atoms with Gasteiger partial charge >= 0.3 is 13.3 Å². The standard InChI is InChI=1S/C3H7N2O2P/c1-7-8(2,6)3-5-4/h3H,1-2H3. The molecule has 0 aromatic carbocycles. The first-order valence-corrected chi connectivity index (χ1v) is 4.08. The highest BCUT2D eigenvalue weighted by Gasteiger charge is 2.13. The summed E-state index contributed by atoms with van der Waals surface area (Å²) in [5.41, 5.74) is 7.85. The van der Waals surface area contributed by atoms with E-state index in [0.29, 0.717) is 0 Å². The molecule has 4 nitrogen and oxygen atoms in total. The van der Waals surface area contributed by atoms with Gasteiger partial charge in [-0.05, 0) is 0 Å². The minimum Gasteiger partial charge on any atom is -0.361 e. The fourth-order valence-corrected chi connectivity index (χ4v) is 0.423. The minimum absolute atomic E-state index is 0.882. The molecular formula is C3H7N2O2P. The van der Waals surface area contributed by atoms with Crippen LogP contribution in [0.5, 0.6) is 0 Å². The SMILES string of the molecule is COP(C)(=O)C=[N+]=[N-]. The Kier molecular flexibility index (Phi) is 2.63. The van der Waals surface area contributed by atoms with Gasteiger partial charge in [-0.1, -0.05) is 0 Å². The van der Waals surface area contributed by atoms with Gasteiger partial charge in [-0.25, -0.2) is 0 Å². The Bertz CT molecular complexity index is 161. The Morgan fingerprint density at radius 3 is 2.50 bits per heavy atom. The third-order valence-electron chi connectivity index (χ3n) is 0.624. The fourth-order valence-electron chi connectivity index (χ4n) is 0.141. The summed E-state index contributed by atoms with van der Waals surface area (Å²) in [5, 5.41) is 0. The lowest BCUT2D eigenvalue weighted by molar-refractivity contribution is 0.00654. The van der Waals surface area contributed by atoms with E-state index in [1.54, 1.807) is 0 Å². The molecule has 0 bridgehead atoms. The zero-order valence-corrected chi connectivity index (χ0v) is 5.63. The van der Waals surface area contributed by atoms with Crippen LogP contribution in [0.15, 0.2) is 0 Å². The van der Waals surface area contributed by atoms with Gasteiger partial charge in [0.05, 0.1) is 0 Å². The third kappa shape index (κ3) is 2.69. The summed E-state index contributed by atoms with van der Waals surface area (Å²) < 4.78 is 15.1. The van der Waals surface area contributed by atoms with Crippen LogP contribution in [0.25, 0.3) is 5.53 Å². The van der Waals surface area contributed by atoms with Gasteiger partial charge in [0, 0.05) is 13.8 Å². The van der Waals surface area contributed by atoms with Gasteiger partial charge in [-0.15, -0.1) is 0 Å². The van der Waals surface area contributed by atoms with E-state index in [9.17, 15) is 4.57 Å². The van der Waals surface area contributed by atoms with Crippen molar-refractivity contribution < 1.29 is 13.9 Å². The van der Waals surface area contributed by atoms with Crippen molar-refractivity contribution in [2.75, 3.05) is 13.8 Å². The number of hydrogen-bond acceptors (Lipinski definition) is 2. The summed E-state index contributed by atoms with van der Waals surface area (Å²) in [7, 11) is -1.42. The second kappa shape index (κ2) is 2.78. The van der Waals surface area contributed by atoms with Crippen LogP contribution in [0.1, 0.15) is 0 Å². The van der Waals surface area contributed by atoms with Crippen LogP contribution in [0.2, 0.25) is 0 Å². The highest BCUT2D eigenvalue weighted by Crippen LogP contribution is 2.36. The first-order chi connectivity index (χ1) is 3.62. The lowest BCUT2D eigenvalue weighted by Crippen LogP contribution is -1.82. The largest absolute Gasteiger partial charge is 0.361 e. The average Bonchev–Trinajstić information content (AvgIpc) is 1.67. The topological polar surface area (TPSA) is 62.7 Å². The van der Waals surface area contributed by atoms with E-state index in [0.717, 1.165) is 5.96 Å². The Hall–Kier alpha value is -0.430. The molecule has 0 radical (unpaired) electrons. The number of hydrogen-bond donors (Lipinski definition) is 0. The van der Waals surface area contributed by atoms with Crippen LogP contribution in [-0.2, 0) is 9.09 Å². The molecule has 0 aliphatic carbocycles. The van der Waals surface area contributed by atoms with Crippen LogP contribution >= 0.6 is 7.37 Å². The van der Waals surface area contributed by atoms with Gasteiger partial charge in [-0.2, -0.15) is 4.79 Å². The second-order valence-electron chi connectivity index (χ2n) is 1.32. The van der Waals surface area contributed by atoms with Gasteiger partial charge in [0.15, 0.2) is 0 Å². The Morgan fingerprint density at radius 2 is 2.38 bits per heavy atom. The van der Waals surface area contributed by atoms with Crippen molar-refractivity contribution in [1.29, 1.82) is 0 Å². The van der Waals surface area contributed by atoms with E-state index in [4.69, 9.17) is 5.53 Å². The normalized spacial score (nSPS) is 16.2. The highest BCUT2D eigenvalue weighted by molar-refractivity contribution is 7.73. The average molecular weight is 134 g/mol. The predicted molar refractivity (Wildman–Crippen MR) is 30.2 cm³/mol. The molecule has 0 rings (SSSR count). The molecule has 0 aromatic rings. The molecule has 5 heteroatoms. The highest BCUT2D eigenvalue weighted by atomic mass is 31.2. The molecule has 0 fully saturated rings. The Labute approximate surface area is 47.5 Å². The molecule has 0 spiro atoms. The van der Waals surface area contributed by atoms with E-state index < -0.39 is 7.37 Å². The first-order valence-electron chi connectivity index (χ1n) is 1.94. The van der Waals surface area contributed by atoms with Gasteiger partial charge in [0.2, 0.25) is 0 Å². The second-order valence-corrected chi connectivity index (χ2v) is 3.74. The van der Waals surface area contributed by atoms with Crippen LogP contribution in [-0.4, -0.2) is 24.5 Å². The molecule has 0 saturated heterocycles. The van der Waals surface area contributed by atoms with Crippen molar-refractivity contribution in [3.05, 3.63) is 5.53 Å². The van der Waals surface area contributed by atoms with Crippen LogP contribution in [0, 0.1) is 0 Å². The van der Waals surface area contributed by atoms with E-state index in [1.165, 1.54) is 13.8 Å². The molecule has 1 unspecified atom stereocenters. The summed E-state index contributed by atoms with van der Waals surface area (Å²) in [6.07, 6.45) is 0. The molecule has 0 amide bonds. The molecule has 0 heterocycles. The van der Waals surface area contributed by atoms with Crippen molar-refractivity contribution in [3.63, 3.8) is 0 Å². The number of nitrogens with zero attached hydrogens (tertiary/aromatic N) is 2. The van der Waals surface area contributed by atoms with Gasteiger partial charge < -0.3 is 10.1 Å². The Balaban J connectivity index is 4.14. The molecule has 0 N–H and O–H groups in total. The zero-order chi connectivity index (χ0) is 6.62. The monoisotopic (exact) mass is 134 g/mol. The molecule has 0 aliphatic rings. The van der Waals surface area contributed by atoms with Crippen LogP contribution in [0.4, 0.5) is 0 Å². The smallest absolute Gasteiger partial charge is 0.339 e. The van der Waals surface area contributed by atoms with Crippen molar-refractivity contribution in [3.8, 4) is 0 Å². The predicted octanol–water partition coefficient (Wildman–Crippen LogP) is 0.799. The summed E-state index contributed by atoms with van der Waals surface area (Å²) in [4.78, 5) is 2.57. The maximum atomic E-state index is 10.7. The number of rotatable bonds is 2. The van der Waals surface area contributed by atoms with Gasteiger partial charge in [0.1, 0.15) is 0 Å². The van der Waals surface area contributed by atoms with E-state index >= 15 is 0 Å². The van der Waals surface area contributed by atoms with Crippen molar-refractivity contribution >= 4 is 13.3 Å². The summed E-state index contributed by atoms with van der Waals surface area (Å²) in [5.74, 6) is 0.882. The van der Waals surface area contributed by atoms with Crippen molar-refractivity contribution in [2.24, 2.45) is 0 Å². The Morgan fingerprint density at radius 1 is 1.88 bits per heavy atom. The molecule has 0 saturated carbocycles. The lowest BCUT2D eigenvalue weighted by Gasteiger charge is -1.93. The fraction of sp³-hybridized carbons (Fsp3) is 0.667. The molecule has 0 aromatic heterocycles. The van der Waals surface area contributed by atoms with Gasteiger partial charge in [-0.3, -0.25) is 4.57 Å². The quantitative estimate of drug-likeness (QED) is 0.242. The van der Waals surface area contributed by atoms with Crippen molar-refractivity contribution in [2.45, 2.75) is 0 Å².